The van der Waals surface area contributed by atoms with Gasteiger partial charge in [0.2, 0.25) is 5.95 Å². The Labute approximate surface area is 128 Å². The molecule has 0 bridgehead atoms. The molecular formula is C16H18N4S. The largest absolute Gasteiger partial charge is 0.354 e. The smallest absolute Gasteiger partial charge is 0.226 e. The second kappa shape index (κ2) is 5.69. The number of anilines is 3. The fourth-order valence-electron chi connectivity index (χ4n) is 2.23. The molecule has 108 valence electrons. The highest BCUT2D eigenvalue weighted by Crippen LogP contribution is 2.31. The first-order valence-electron chi connectivity index (χ1n) is 7.01. The summed E-state index contributed by atoms with van der Waals surface area (Å²) in [6.45, 7) is 7.02. The number of rotatable bonds is 4. The lowest BCUT2D eigenvalue weighted by molar-refractivity contribution is 1.11. The lowest BCUT2D eigenvalue weighted by Gasteiger charge is -2.09. The zero-order valence-corrected chi connectivity index (χ0v) is 13.2. The molecule has 0 fully saturated rings. The van der Waals surface area contributed by atoms with E-state index in [0.717, 1.165) is 28.3 Å². The van der Waals surface area contributed by atoms with Crippen LogP contribution < -0.4 is 10.6 Å². The Morgan fingerprint density at radius 2 is 2.00 bits per heavy atom. The summed E-state index contributed by atoms with van der Waals surface area (Å²) < 4.78 is 0. The van der Waals surface area contributed by atoms with Gasteiger partial charge in [0.1, 0.15) is 10.6 Å². The number of hydrogen-bond donors (Lipinski definition) is 2. The van der Waals surface area contributed by atoms with Gasteiger partial charge in [-0.1, -0.05) is 12.1 Å². The Balaban J connectivity index is 2.06. The molecule has 2 aromatic heterocycles. The summed E-state index contributed by atoms with van der Waals surface area (Å²) in [5.41, 5.74) is 2.26. The first-order chi connectivity index (χ1) is 10.2. The van der Waals surface area contributed by atoms with Gasteiger partial charge in [-0.05, 0) is 44.5 Å². The fraction of sp³-hybridized carbons (Fsp3) is 0.250. The van der Waals surface area contributed by atoms with Gasteiger partial charge < -0.3 is 10.6 Å². The van der Waals surface area contributed by atoms with E-state index < -0.39 is 0 Å². The molecule has 0 aliphatic carbocycles. The van der Waals surface area contributed by atoms with E-state index in [1.54, 1.807) is 11.3 Å². The van der Waals surface area contributed by atoms with Gasteiger partial charge in [0.15, 0.2) is 0 Å². The summed E-state index contributed by atoms with van der Waals surface area (Å²) in [6, 6.07) is 10.4. The number of fused-ring (bicyclic) bond motifs is 1. The van der Waals surface area contributed by atoms with Crippen LogP contribution >= 0.6 is 11.3 Å². The third kappa shape index (κ3) is 2.97. The van der Waals surface area contributed by atoms with Crippen LogP contribution in [0, 0.1) is 13.8 Å². The second-order valence-corrected chi connectivity index (χ2v) is 6.23. The molecule has 4 nitrogen and oxygen atoms in total. The van der Waals surface area contributed by atoms with E-state index in [0.29, 0.717) is 5.95 Å². The van der Waals surface area contributed by atoms with Gasteiger partial charge in [-0.3, -0.25) is 0 Å². The molecule has 0 saturated heterocycles. The standard InChI is InChI=1S/C16H18N4S/c1-4-17-16-19-14(13-9-11(3)21-15(13)20-16)18-12-7-5-6-10(2)8-12/h5-9H,4H2,1-3H3,(H2,17,18,19,20). The normalized spacial score (nSPS) is 10.8. The number of nitrogens with one attached hydrogen (secondary N) is 2. The molecule has 1 aromatic carbocycles. The maximum Gasteiger partial charge on any atom is 0.226 e. The van der Waals surface area contributed by atoms with Crippen molar-refractivity contribution in [2.45, 2.75) is 20.8 Å². The van der Waals surface area contributed by atoms with Crippen LogP contribution in [0.15, 0.2) is 30.3 Å². The van der Waals surface area contributed by atoms with Crippen LogP contribution in [0.4, 0.5) is 17.5 Å². The van der Waals surface area contributed by atoms with E-state index in [2.05, 4.69) is 52.6 Å². The van der Waals surface area contributed by atoms with Gasteiger partial charge in [-0.25, -0.2) is 4.98 Å². The van der Waals surface area contributed by atoms with Gasteiger partial charge in [0, 0.05) is 17.1 Å². The molecular weight excluding hydrogens is 280 g/mol. The predicted molar refractivity (Wildman–Crippen MR) is 90.8 cm³/mol. The van der Waals surface area contributed by atoms with Crippen molar-refractivity contribution in [3.8, 4) is 0 Å². The third-order valence-corrected chi connectivity index (χ3v) is 4.08. The van der Waals surface area contributed by atoms with E-state index in [-0.39, 0.29) is 0 Å². The second-order valence-electron chi connectivity index (χ2n) is 5.00. The Kier molecular flexibility index (Phi) is 3.75. The highest BCUT2D eigenvalue weighted by atomic mass is 32.1. The van der Waals surface area contributed by atoms with Crippen molar-refractivity contribution >= 4 is 39.0 Å². The topological polar surface area (TPSA) is 49.8 Å². The number of nitrogens with zero attached hydrogens (tertiary/aromatic N) is 2. The Morgan fingerprint density at radius 3 is 2.76 bits per heavy atom. The Hall–Kier alpha value is -2.14. The molecule has 0 saturated carbocycles. The number of thiophene rings is 1. The maximum atomic E-state index is 4.60. The number of aryl methyl sites for hydroxylation is 2. The van der Waals surface area contributed by atoms with Crippen LogP contribution in [0.5, 0.6) is 0 Å². The first kappa shape index (κ1) is 13.8. The molecule has 0 atom stereocenters. The van der Waals surface area contributed by atoms with Crippen molar-refractivity contribution in [3.05, 3.63) is 40.8 Å². The Bertz CT molecular complexity index is 779. The van der Waals surface area contributed by atoms with Crippen LogP contribution in [0.25, 0.3) is 10.2 Å². The monoisotopic (exact) mass is 298 g/mol. The van der Waals surface area contributed by atoms with Crippen molar-refractivity contribution in [3.63, 3.8) is 0 Å². The van der Waals surface area contributed by atoms with Gasteiger partial charge in [-0.15, -0.1) is 11.3 Å². The van der Waals surface area contributed by atoms with Gasteiger partial charge in [-0.2, -0.15) is 4.98 Å². The minimum absolute atomic E-state index is 0.669. The van der Waals surface area contributed by atoms with Gasteiger partial charge in [0.05, 0.1) is 5.39 Å². The molecule has 0 radical (unpaired) electrons. The van der Waals surface area contributed by atoms with E-state index >= 15 is 0 Å². The highest BCUT2D eigenvalue weighted by Gasteiger charge is 2.10. The highest BCUT2D eigenvalue weighted by molar-refractivity contribution is 7.18. The quantitative estimate of drug-likeness (QED) is 0.745. The molecule has 0 unspecified atom stereocenters. The molecule has 0 aliphatic rings. The lowest BCUT2D eigenvalue weighted by Crippen LogP contribution is -2.04. The predicted octanol–water partition coefficient (Wildman–Crippen LogP) is 4.48. The molecule has 2 N–H and O–H groups in total. The first-order valence-corrected chi connectivity index (χ1v) is 7.83. The molecule has 3 rings (SSSR count). The average molecular weight is 298 g/mol. The summed E-state index contributed by atoms with van der Waals surface area (Å²) in [7, 11) is 0. The number of hydrogen-bond acceptors (Lipinski definition) is 5. The van der Waals surface area contributed by atoms with Gasteiger partial charge >= 0.3 is 0 Å². The van der Waals surface area contributed by atoms with Crippen LogP contribution in [0.2, 0.25) is 0 Å². The van der Waals surface area contributed by atoms with Crippen molar-refractivity contribution in [2.75, 3.05) is 17.2 Å². The van der Waals surface area contributed by atoms with Crippen molar-refractivity contribution < 1.29 is 0 Å². The molecule has 2 heterocycles. The Morgan fingerprint density at radius 1 is 1.14 bits per heavy atom. The molecule has 0 spiro atoms. The lowest BCUT2D eigenvalue weighted by atomic mass is 10.2. The van der Waals surface area contributed by atoms with Crippen LogP contribution in [0.1, 0.15) is 17.4 Å². The van der Waals surface area contributed by atoms with Crippen molar-refractivity contribution in [1.29, 1.82) is 0 Å². The fourth-order valence-corrected chi connectivity index (χ4v) is 3.11. The van der Waals surface area contributed by atoms with Gasteiger partial charge in [0.25, 0.3) is 0 Å². The van der Waals surface area contributed by atoms with Crippen molar-refractivity contribution in [2.24, 2.45) is 0 Å². The third-order valence-electron chi connectivity index (χ3n) is 3.13. The molecule has 21 heavy (non-hydrogen) atoms. The zero-order chi connectivity index (χ0) is 14.8. The minimum Gasteiger partial charge on any atom is -0.354 e. The molecule has 5 heteroatoms. The molecule has 3 aromatic rings. The SMILES string of the molecule is CCNc1nc(Nc2cccc(C)c2)c2cc(C)sc2n1. The molecule has 0 amide bonds. The van der Waals surface area contributed by atoms with E-state index in [9.17, 15) is 0 Å². The van der Waals surface area contributed by atoms with E-state index in [4.69, 9.17) is 0 Å². The summed E-state index contributed by atoms with van der Waals surface area (Å²) >= 11 is 1.69. The summed E-state index contributed by atoms with van der Waals surface area (Å²) in [5.74, 6) is 1.52. The summed E-state index contributed by atoms with van der Waals surface area (Å²) in [6.07, 6.45) is 0. The van der Waals surface area contributed by atoms with Crippen LogP contribution in [-0.4, -0.2) is 16.5 Å². The van der Waals surface area contributed by atoms with Crippen LogP contribution in [-0.2, 0) is 0 Å². The van der Waals surface area contributed by atoms with Crippen LogP contribution in [0.3, 0.4) is 0 Å². The number of aromatic nitrogens is 2. The average Bonchev–Trinajstić information content (AvgIpc) is 2.80. The summed E-state index contributed by atoms with van der Waals surface area (Å²) in [4.78, 5) is 11.4. The minimum atomic E-state index is 0.669. The van der Waals surface area contributed by atoms with E-state index in [1.165, 1.54) is 10.4 Å². The molecule has 0 aliphatic heterocycles. The summed E-state index contributed by atoms with van der Waals surface area (Å²) in [5, 5.41) is 7.68. The zero-order valence-electron chi connectivity index (χ0n) is 12.4. The van der Waals surface area contributed by atoms with E-state index in [1.807, 2.05) is 19.1 Å². The maximum absolute atomic E-state index is 4.60. The van der Waals surface area contributed by atoms with Crippen molar-refractivity contribution in [1.82, 2.24) is 9.97 Å². The number of benzene rings is 1.